The third-order valence-electron chi connectivity index (χ3n) is 2.38. The van der Waals surface area contributed by atoms with E-state index in [2.05, 4.69) is 23.8 Å². The van der Waals surface area contributed by atoms with Crippen molar-refractivity contribution < 1.29 is 0 Å². The molecule has 0 saturated heterocycles. The number of hydrogen-bond donors (Lipinski definition) is 1. The van der Waals surface area contributed by atoms with Crippen molar-refractivity contribution >= 4 is 11.8 Å². The van der Waals surface area contributed by atoms with Crippen molar-refractivity contribution in [1.29, 1.82) is 0 Å². The van der Waals surface area contributed by atoms with Gasteiger partial charge in [-0.05, 0) is 25.2 Å². The lowest BCUT2D eigenvalue weighted by Gasteiger charge is -2.09. The van der Waals surface area contributed by atoms with Crippen molar-refractivity contribution in [1.82, 2.24) is 9.97 Å². The van der Waals surface area contributed by atoms with Crippen LogP contribution in [0.3, 0.4) is 0 Å². The molecule has 0 aliphatic carbocycles. The van der Waals surface area contributed by atoms with Crippen LogP contribution in [0.15, 0.2) is 6.07 Å². The van der Waals surface area contributed by atoms with Crippen molar-refractivity contribution in [2.24, 2.45) is 5.73 Å². The molecule has 1 atom stereocenters. The fourth-order valence-corrected chi connectivity index (χ4v) is 1.99. The minimum Gasteiger partial charge on any atom is -0.327 e. The molecule has 0 aromatic carbocycles. The maximum Gasteiger partial charge on any atom is 0.138 e. The number of nitrogens with two attached hydrogens (primary N) is 1. The minimum absolute atomic E-state index is 0.209. The topological polar surface area (TPSA) is 51.8 Å². The van der Waals surface area contributed by atoms with Crippen LogP contribution in [-0.4, -0.2) is 21.8 Å². The monoisotopic (exact) mass is 239 g/mol. The van der Waals surface area contributed by atoms with E-state index in [9.17, 15) is 0 Å². The van der Waals surface area contributed by atoms with E-state index < -0.39 is 0 Å². The molecule has 1 unspecified atom stereocenters. The molecule has 1 aromatic heterocycles. The van der Waals surface area contributed by atoms with Crippen LogP contribution >= 0.6 is 11.8 Å². The largest absolute Gasteiger partial charge is 0.327 e. The Morgan fingerprint density at radius 3 is 2.75 bits per heavy atom. The summed E-state index contributed by atoms with van der Waals surface area (Å²) in [5.41, 5.74) is 8.06. The van der Waals surface area contributed by atoms with E-state index >= 15 is 0 Å². The molecule has 16 heavy (non-hydrogen) atoms. The van der Waals surface area contributed by atoms with Gasteiger partial charge in [-0.25, -0.2) is 9.97 Å². The molecule has 1 rings (SSSR count). The summed E-state index contributed by atoms with van der Waals surface area (Å²) >= 11 is 1.85. The van der Waals surface area contributed by atoms with Crippen molar-refractivity contribution in [3.63, 3.8) is 0 Å². The summed E-state index contributed by atoms with van der Waals surface area (Å²) in [7, 11) is 0. The highest BCUT2D eigenvalue weighted by Gasteiger charge is 2.06. The Bertz CT molecular complexity index is 328. The average Bonchev–Trinajstić information content (AvgIpc) is 2.25. The van der Waals surface area contributed by atoms with Crippen LogP contribution in [0.2, 0.25) is 0 Å². The van der Waals surface area contributed by atoms with Gasteiger partial charge in [-0.15, -0.1) is 0 Å². The average molecular weight is 239 g/mol. The maximum absolute atomic E-state index is 5.94. The first-order valence-electron chi connectivity index (χ1n) is 5.82. The Labute approximate surface area is 102 Å². The molecule has 0 amide bonds. The highest BCUT2D eigenvalue weighted by atomic mass is 32.2. The van der Waals surface area contributed by atoms with Crippen molar-refractivity contribution in [2.45, 2.75) is 45.4 Å². The summed E-state index contributed by atoms with van der Waals surface area (Å²) in [6.07, 6.45) is 1.84. The molecule has 0 radical (unpaired) electrons. The molecule has 1 heterocycles. The summed E-state index contributed by atoms with van der Waals surface area (Å²) in [5.74, 6) is 2.93. The van der Waals surface area contributed by atoms with E-state index in [1.54, 1.807) is 0 Å². The number of hydrogen-bond acceptors (Lipinski definition) is 4. The summed E-state index contributed by atoms with van der Waals surface area (Å²) in [5, 5.41) is 0. The zero-order chi connectivity index (χ0) is 12.0. The standard InChI is InChI=1S/C12H21N3S/c1-4-10(13)7-11-6-9(3)14-12(15-11)8-16-5-2/h6,10H,4-5,7-8,13H2,1-3H3. The molecule has 0 spiro atoms. The zero-order valence-corrected chi connectivity index (χ0v) is 11.2. The molecule has 0 fully saturated rings. The van der Waals surface area contributed by atoms with E-state index in [0.29, 0.717) is 0 Å². The highest BCUT2D eigenvalue weighted by Crippen LogP contribution is 2.10. The van der Waals surface area contributed by atoms with E-state index in [4.69, 9.17) is 5.73 Å². The lowest BCUT2D eigenvalue weighted by molar-refractivity contribution is 0.633. The second kappa shape index (κ2) is 6.86. The Morgan fingerprint density at radius 2 is 2.12 bits per heavy atom. The van der Waals surface area contributed by atoms with E-state index in [1.807, 2.05) is 24.8 Å². The molecule has 0 saturated carbocycles. The highest BCUT2D eigenvalue weighted by molar-refractivity contribution is 7.98. The second-order valence-corrected chi connectivity index (χ2v) is 5.20. The molecule has 0 aliphatic rings. The summed E-state index contributed by atoms with van der Waals surface area (Å²) in [4.78, 5) is 8.98. The van der Waals surface area contributed by atoms with Gasteiger partial charge in [0.15, 0.2) is 0 Å². The van der Waals surface area contributed by atoms with E-state index in [0.717, 1.165) is 41.6 Å². The molecule has 2 N–H and O–H groups in total. The van der Waals surface area contributed by atoms with Gasteiger partial charge in [0.05, 0.1) is 5.75 Å². The van der Waals surface area contributed by atoms with Crippen LogP contribution in [0.5, 0.6) is 0 Å². The first-order valence-corrected chi connectivity index (χ1v) is 6.97. The lowest BCUT2D eigenvalue weighted by Crippen LogP contribution is -2.22. The van der Waals surface area contributed by atoms with Gasteiger partial charge in [0.25, 0.3) is 0 Å². The fourth-order valence-electron chi connectivity index (χ4n) is 1.48. The Morgan fingerprint density at radius 1 is 1.38 bits per heavy atom. The van der Waals surface area contributed by atoms with Crippen molar-refractivity contribution in [2.75, 3.05) is 5.75 Å². The van der Waals surface area contributed by atoms with Gasteiger partial charge in [-0.2, -0.15) is 11.8 Å². The first-order chi connectivity index (χ1) is 7.65. The van der Waals surface area contributed by atoms with Gasteiger partial charge < -0.3 is 5.73 Å². The van der Waals surface area contributed by atoms with Crippen molar-refractivity contribution in [3.8, 4) is 0 Å². The van der Waals surface area contributed by atoms with Crippen LogP contribution in [0.4, 0.5) is 0 Å². The Kier molecular flexibility index (Phi) is 5.77. The molecule has 1 aromatic rings. The van der Waals surface area contributed by atoms with Gasteiger partial charge >= 0.3 is 0 Å². The maximum atomic E-state index is 5.94. The number of thioether (sulfide) groups is 1. The molecule has 0 aliphatic heterocycles. The predicted molar refractivity (Wildman–Crippen MR) is 70.6 cm³/mol. The predicted octanol–water partition coefficient (Wildman–Crippen LogP) is 2.32. The van der Waals surface area contributed by atoms with Crippen LogP contribution in [0.25, 0.3) is 0 Å². The number of aromatic nitrogens is 2. The number of nitrogens with zero attached hydrogens (tertiary/aromatic N) is 2. The molecule has 0 bridgehead atoms. The van der Waals surface area contributed by atoms with Crippen LogP contribution < -0.4 is 5.73 Å². The smallest absolute Gasteiger partial charge is 0.138 e. The van der Waals surface area contributed by atoms with Crippen molar-refractivity contribution in [3.05, 3.63) is 23.3 Å². The van der Waals surface area contributed by atoms with Gasteiger partial charge in [-0.3, -0.25) is 0 Å². The summed E-state index contributed by atoms with van der Waals surface area (Å²) in [6.45, 7) is 6.27. The SMILES string of the molecule is CCSCc1nc(C)cc(CC(N)CC)n1. The van der Waals surface area contributed by atoms with Crippen LogP contribution in [-0.2, 0) is 12.2 Å². The molecular weight excluding hydrogens is 218 g/mol. The van der Waals surface area contributed by atoms with E-state index in [1.165, 1.54) is 0 Å². The minimum atomic E-state index is 0.209. The van der Waals surface area contributed by atoms with Gasteiger partial charge in [0, 0.05) is 23.9 Å². The molecule has 3 nitrogen and oxygen atoms in total. The van der Waals surface area contributed by atoms with Gasteiger partial charge in [-0.1, -0.05) is 13.8 Å². The van der Waals surface area contributed by atoms with Crippen LogP contribution in [0, 0.1) is 6.92 Å². The third kappa shape index (κ3) is 4.49. The first kappa shape index (κ1) is 13.5. The number of rotatable bonds is 6. The summed E-state index contributed by atoms with van der Waals surface area (Å²) < 4.78 is 0. The van der Waals surface area contributed by atoms with Crippen LogP contribution in [0.1, 0.15) is 37.5 Å². The number of aryl methyl sites for hydroxylation is 1. The normalized spacial score (nSPS) is 12.8. The van der Waals surface area contributed by atoms with Gasteiger partial charge in [0.1, 0.15) is 5.82 Å². The second-order valence-electron chi connectivity index (χ2n) is 3.93. The zero-order valence-electron chi connectivity index (χ0n) is 10.4. The van der Waals surface area contributed by atoms with Gasteiger partial charge in [0.2, 0.25) is 0 Å². The molecule has 4 heteroatoms. The fraction of sp³-hybridized carbons (Fsp3) is 0.667. The Balaban J connectivity index is 2.73. The van der Waals surface area contributed by atoms with E-state index in [-0.39, 0.29) is 6.04 Å². The lowest BCUT2D eigenvalue weighted by atomic mass is 10.1. The third-order valence-corrected chi connectivity index (χ3v) is 3.26. The quantitative estimate of drug-likeness (QED) is 0.827. The molecule has 90 valence electrons. The summed E-state index contributed by atoms with van der Waals surface area (Å²) in [6, 6.07) is 2.25. The molecular formula is C12H21N3S. The Hall–Kier alpha value is -0.610.